The minimum atomic E-state index is -0.254. The summed E-state index contributed by atoms with van der Waals surface area (Å²) in [5.41, 5.74) is 8.28. The molecule has 0 radical (unpaired) electrons. The molecule has 1 fully saturated rings. The van der Waals surface area contributed by atoms with E-state index in [0.717, 1.165) is 33.6 Å². The van der Waals surface area contributed by atoms with Crippen LogP contribution in [0.15, 0.2) is 24.3 Å². The van der Waals surface area contributed by atoms with Gasteiger partial charge < -0.3 is 10.6 Å². The van der Waals surface area contributed by atoms with Crippen molar-refractivity contribution >= 4 is 23.2 Å². The third kappa shape index (κ3) is 4.05. The number of hydrogen-bond acceptors (Lipinski definition) is 2. The first kappa shape index (κ1) is 19.2. The van der Waals surface area contributed by atoms with Crippen LogP contribution in [0.25, 0.3) is 0 Å². The van der Waals surface area contributed by atoms with E-state index in [1.54, 1.807) is 0 Å². The van der Waals surface area contributed by atoms with Crippen LogP contribution in [0.1, 0.15) is 39.8 Å². The molecule has 0 spiro atoms. The molecule has 0 aromatic heterocycles. The van der Waals surface area contributed by atoms with Gasteiger partial charge in [-0.05, 0) is 70.2 Å². The molecule has 3 rings (SSSR count). The topological polar surface area (TPSA) is 58.2 Å². The van der Waals surface area contributed by atoms with Gasteiger partial charge in [-0.2, -0.15) is 0 Å². The highest BCUT2D eigenvalue weighted by atomic mass is 16.2. The van der Waals surface area contributed by atoms with E-state index in [9.17, 15) is 9.59 Å². The van der Waals surface area contributed by atoms with Gasteiger partial charge >= 0.3 is 0 Å². The Labute approximate surface area is 161 Å². The highest BCUT2D eigenvalue weighted by molar-refractivity contribution is 6.04. The molecular formula is C23H28N2O2. The van der Waals surface area contributed by atoms with Crippen molar-refractivity contribution in [3.63, 3.8) is 0 Å². The molecule has 2 N–H and O–H groups in total. The zero-order chi connectivity index (χ0) is 19.9. The number of benzene rings is 2. The van der Waals surface area contributed by atoms with Crippen molar-refractivity contribution in [3.05, 3.63) is 57.6 Å². The van der Waals surface area contributed by atoms with Crippen molar-refractivity contribution in [2.45, 2.75) is 48.0 Å². The maximum atomic E-state index is 12.6. The van der Waals surface area contributed by atoms with E-state index in [0.29, 0.717) is 6.42 Å². The molecule has 2 atom stereocenters. The average molecular weight is 364 g/mol. The van der Waals surface area contributed by atoms with E-state index >= 15 is 0 Å². The Morgan fingerprint density at radius 2 is 0.963 bits per heavy atom. The molecule has 1 aliphatic carbocycles. The van der Waals surface area contributed by atoms with Gasteiger partial charge in [0.2, 0.25) is 11.8 Å². The third-order valence-electron chi connectivity index (χ3n) is 5.31. The second-order valence-electron chi connectivity index (χ2n) is 7.97. The average Bonchev–Trinajstić information content (AvgIpc) is 3.34. The Morgan fingerprint density at radius 1 is 0.667 bits per heavy atom. The van der Waals surface area contributed by atoms with Crippen LogP contribution in [0.5, 0.6) is 0 Å². The van der Waals surface area contributed by atoms with Crippen molar-refractivity contribution < 1.29 is 9.59 Å². The van der Waals surface area contributed by atoms with Gasteiger partial charge in [-0.3, -0.25) is 9.59 Å². The Balaban J connectivity index is 1.66. The fourth-order valence-corrected chi connectivity index (χ4v) is 3.96. The lowest BCUT2D eigenvalue weighted by Crippen LogP contribution is -2.22. The summed E-state index contributed by atoms with van der Waals surface area (Å²) < 4.78 is 0. The van der Waals surface area contributed by atoms with E-state index in [2.05, 4.69) is 34.9 Å². The molecule has 142 valence electrons. The predicted molar refractivity (Wildman–Crippen MR) is 110 cm³/mol. The first-order valence-corrected chi connectivity index (χ1v) is 9.44. The van der Waals surface area contributed by atoms with Gasteiger partial charge in [-0.15, -0.1) is 0 Å². The standard InChI is InChI=1S/C23H28N2O2/c1-12-7-14(3)20(15(4)8-12)24-22(26)18-11-19(18)23(27)25-21-16(5)9-13(2)10-17(21)6/h7-10,18-19H,11H2,1-6H3,(H,24,26)(H,25,27). The third-order valence-corrected chi connectivity index (χ3v) is 5.31. The zero-order valence-corrected chi connectivity index (χ0v) is 17.0. The Morgan fingerprint density at radius 3 is 1.26 bits per heavy atom. The lowest BCUT2D eigenvalue weighted by molar-refractivity contribution is -0.122. The number of carbonyl (C=O) groups is 2. The predicted octanol–water partition coefficient (Wildman–Crippen LogP) is 4.75. The first-order valence-electron chi connectivity index (χ1n) is 9.44. The van der Waals surface area contributed by atoms with Gasteiger partial charge in [-0.25, -0.2) is 0 Å². The maximum Gasteiger partial charge on any atom is 0.228 e. The molecule has 27 heavy (non-hydrogen) atoms. The molecule has 2 unspecified atom stereocenters. The lowest BCUT2D eigenvalue weighted by Gasteiger charge is -2.14. The summed E-state index contributed by atoms with van der Waals surface area (Å²) in [5, 5.41) is 6.06. The number of rotatable bonds is 4. The minimum Gasteiger partial charge on any atom is -0.325 e. The van der Waals surface area contributed by atoms with E-state index in [1.165, 1.54) is 11.1 Å². The fourth-order valence-electron chi connectivity index (χ4n) is 3.96. The number of nitrogens with one attached hydrogen (secondary N) is 2. The van der Waals surface area contributed by atoms with Gasteiger partial charge in [0.15, 0.2) is 0 Å². The highest BCUT2D eigenvalue weighted by Gasteiger charge is 2.48. The summed E-state index contributed by atoms with van der Waals surface area (Å²) >= 11 is 0. The quantitative estimate of drug-likeness (QED) is 0.822. The van der Waals surface area contributed by atoms with Crippen LogP contribution >= 0.6 is 0 Å². The Bertz CT molecular complexity index is 808. The smallest absolute Gasteiger partial charge is 0.228 e. The summed E-state index contributed by atoms with van der Waals surface area (Å²) in [5.74, 6) is -0.641. The molecule has 0 aliphatic heterocycles. The number of aryl methyl sites for hydroxylation is 6. The van der Waals surface area contributed by atoms with E-state index in [4.69, 9.17) is 0 Å². The molecule has 1 aliphatic rings. The van der Waals surface area contributed by atoms with Gasteiger partial charge in [0.05, 0.1) is 11.8 Å². The number of anilines is 2. The molecule has 2 aromatic rings. The second kappa shape index (κ2) is 7.18. The summed E-state index contributed by atoms with van der Waals surface area (Å²) in [6.07, 6.45) is 0.603. The van der Waals surface area contributed by atoms with Crippen LogP contribution in [0.3, 0.4) is 0 Å². The highest BCUT2D eigenvalue weighted by Crippen LogP contribution is 2.41. The van der Waals surface area contributed by atoms with Crippen molar-refractivity contribution in [2.75, 3.05) is 10.6 Å². The van der Waals surface area contributed by atoms with E-state index in [-0.39, 0.29) is 23.7 Å². The van der Waals surface area contributed by atoms with Crippen LogP contribution in [-0.4, -0.2) is 11.8 Å². The van der Waals surface area contributed by atoms with Gasteiger partial charge in [-0.1, -0.05) is 35.4 Å². The van der Waals surface area contributed by atoms with E-state index in [1.807, 2.05) is 41.5 Å². The Hall–Kier alpha value is -2.62. The molecule has 0 bridgehead atoms. The molecule has 1 saturated carbocycles. The number of amides is 2. The molecule has 2 amide bonds. The van der Waals surface area contributed by atoms with Crippen LogP contribution in [-0.2, 0) is 9.59 Å². The number of carbonyl (C=O) groups excluding carboxylic acids is 2. The molecule has 0 saturated heterocycles. The summed E-state index contributed by atoms with van der Waals surface area (Å²) in [7, 11) is 0. The SMILES string of the molecule is Cc1cc(C)c(NC(=O)C2CC2C(=O)Nc2c(C)cc(C)cc2C)c(C)c1. The molecule has 0 heterocycles. The van der Waals surface area contributed by atoms with Crippen LogP contribution < -0.4 is 10.6 Å². The minimum absolute atomic E-state index is 0.0671. The largest absolute Gasteiger partial charge is 0.325 e. The van der Waals surface area contributed by atoms with Crippen molar-refractivity contribution in [3.8, 4) is 0 Å². The monoisotopic (exact) mass is 364 g/mol. The van der Waals surface area contributed by atoms with Crippen molar-refractivity contribution in [2.24, 2.45) is 11.8 Å². The fraction of sp³-hybridized carbons (Fsp3) is 0.391. The molecule has 4 heteroatoms. The summed E-state index contributed by atoms with van der Waals surface area (Å²) in [6.45, 7) is 12.1. The molecular weight excluding hydrogens is 336 g/mol. The maximum absolute atomic E-state index is 12.6. The van der Waals surface area contributed by atoms with Gasteiger partial charge in [0.25, 0.3) is 0 Å². The van der Waals surface area contributed by atoms with Crippen molar-refractivity contribution in [1.29, 1.82) is 0 Å². The van der Waals surface area contributed by atoms with Crippen LogP contribution in [0, 0.1) is 53.4 Å². The second-order valence-corrected chi connectivity index (χ2v) is 7.97. The number of hydrogen-bond donors (Lipinski definition) is 2. The molecule has 2 aromatic carbocycles. The van der Waals surface area contributed by atoms with Crippen LogP contribution in [0.2, 0.25) is 0 Å². The summed E-state index contributed by atoms with van der Waals surface area (Å²) in [6, 6.07) is 8.23. The van der Waals surface area contributed by atoms with Gasteiger partial charge in [0.1, 0.15) is 0 Å². The van der Waals surface area contributed by atoms with Gasteiger partial charge in [0, 0.05) is 11.4 Å². The van der Waals surface area contributed by atoms with E-state index < -0.39 is 0 Å². The lowest BCUT2D eigenvalue weighted by atomic mass is 10.0. The first-order chi connectivity index (χ1) is 12.7. The summed E-state index contributed by atoms with van der Waals surface area (Å²) in [4.78, 5) is 25.2. The zero-order valence-electron chi connectivity index (χ0n) is 17.0. The molecule has 4 nitrogen and oxygen atoms in total. The van der Waals surface area contributed by atoms with Crippen molar-refractivity contribution in [1.82, 2.24) is 0 Å². The van der Waals surface area contributed by atoms with Crippen LogP contribution in [0.4, 0.5) is 11.4 Å². The normalized spacial score (nSPS) is 18.1. The Kier molecular flexibility index (Phi) is 5.09.